The molecule has 11 heteroatoms. The fourth-order valence-electron chi connectivity index (χ4n) is 7.62. The van der Waals surface area contributed by atoms with Crippen molar-refractivity contribution in [3.05, 3.63) is 116 Å². The molecule has 59 heavy (non-hydrogen) atoms. The topological polar surface area (TPSA) is 117 Å². The van der Waals surface area contributed by atoms with Crippen molar-refractivity contribution in [3.8, 4) is 23.0 Å². The van der Waals surface area contributed by atoms with Crippen LogP contribution in [-0.4, -0.2) is 37.7 Å². The van der Waals surface area contributed by atoms with Crippen molar-refractivity contribution in [1.29, 1.82) is 0 Å². The first-order valence-electron chi connectivity index (χ1n) is 21.4. The summed E-state index contributed by atoms with van der Waals surface area (Å²) in [5.41, 5.74) is 10.4. The minimum Gasteiger partial charge on any atom is -0.736 e. The zero-order valence-electron chi connectivity index (χ0n) is 37.0. The van der Waals surface area contributed by atoms with Gasteiger partial charge in [-0.3, -0.25) is 0 Å². The normalized spacial score (nSPS) is 15.6. The average Bonchev–Trinajstić information content (AvgIpc) is 3.32. The van der Waals surface area contributed by atoms with Crippen LogP contribution in [0.5, 0.6) is 23.0 Å². The minimum atomic E-state index is -4.56. The molecule has 0 aliphatic heterocycles. The standard InChI is InChI=1S/2C24H33O4P.Ca/c2*1-6-18-13-19(16(2)3)11-12-23(18)27-29(25,26)28-24-20-9-7-8-10-21(24)15-22(14-20)17(4)5;/h2*11-17H,6-10H2,1-5H3,(H,25,26);/q;;+2/p-2. The van der Waals surface area contributed by atoms with E-state index in [4.69, 9.17) is 18.1 Å². The zero-order valence-corrected chi connectivity index (χ0v) is 41.0. The van der Waals surface area contributed by atoms with Gasteiger partial charge in [0.05, 0.1) is 0 Å². The van der Waals surface area contributed by atoms with Crippen molar-refractivity contribution in [3.63, 3.8) is 0 Å². The van der Waals surface area contributed by atoms with Gasteiger partial charge in [0, 0.05) is 0 Å². The second-order valence-electron chi connectivity index (χ2n) is 17.1. The summed E-state index contributed by atoms with van der Waals surface area (Å²) in [5.74, 6) is 3.18. The van der Waals surface area contributed by atoms with E-state index in [0.717, 1.165) is 95.9 Å². The number of hydrogen-bond donors (Lipinski definition) is 0. The quantitative estimate of drug-likeness (QED) is 0.0908. The molecule has 0 aromatic heterocycles. The maximum absolute atomic E-state index is 12.8. The molecule has 2 unspecified atom stereocenters. The third-order valence-electron chi connectivity index (χ3n) is 11.2. The van der Waals surface area contributed by atoms with Crippen molar-refractivity contribution in [2.45, 2.75) is 157 Å². The molecule has 6 rings (SSSR count). The number of hydrogen-bond acceptors (Lipinski definition) is 8. The SMILES string of the molecule is CCc1cc(C(C)C)ccc1OP(=O)([O-])Oc1c2cc(C(C)C)cc1CCCC2.CCc1cc(C(C)C)ccc1OP(=O)([O-])Oc1c2cc(C(C)C)cc1CCCC2.[Ca+2]. The van der Waals surface area contributed by atoms with Crippen LogP contribution in [0.4, 0.5) is 0 Å². The Morgan fingerprint density at radius 2 is 0.763 bits per heavy atom. The van der Waals surface area contributed by atoms with Crippen LogP contribution in [0, 0.1) is 0 Å². The van der Waals surface area contributed by atoms with Crippen LogP contribution >= 0.6 is 15.6 Å². The summed E-state index contributed by atoms with van der Waals surface area (Å²) < 4.78 is 47.7. The molecule has 0 spiro atoms. The Kier molecular flexibility index (Phi) is 18.1. The van der Waals surface area contributed by atoms with Crippen molar-refractivity contribution in [2.24, 2.45) is 0 Å². The van der Waals surface area contributed by atoms with E-state index in [0.29, 0.717) is 59.5 Å². The molecule has 0 saturated carbocycles. The summed E-state index contributed by atoms with van der Waals surface area (Å²) in [5, 5.41) is 0. The predicted molar refractivity (Wildman–Crippen MR) is 238 cm³/mol. The molecule has 0 fully saturated rings. The van der Waals surface area contributed by atoms with E-state index in [2.05, 4.69) is 79.7 Å². The van der Waals surface area contributed by atoms with Gasteiger partial charge in [-0.1, -0.05) is 118 Å². The van der Waals surface area contributed by atoms with E-state index in [1.165, 1.54) is 11.1 Å². The van der Waals surface area contributed by atoms with Crippen molar-refractivity contribution in [1.82, 2.24) is 0 Å². The molecule has 0 radical (unpaired) electrons. The van der Waals surface area contributed by atoms with Crippen LogP contribution < -0.4 is 27.9 Å². The van der Waals surface area contributed by atoms with E-state index in [1.807, 2.05) is 38.1 Å². The fraction of sp³-hybridized carbons (Fsp3) is 0.500. The Bertz CT molecular complexity index is 1940. The van der Waals surface area contributed by atoms with Crippen LogP contribution in [-0.2, 0) is 47.7 Å². The summed E-state index contributed by atoms with van der Waals surface area (Å²) >= 11 is 0. The van der Waals surface area contributed by atoms with Gasteiger partial charge in [-0.25, -0.2) is 9.13 Å². The smallest absolute Gasteiger partial charge is 0.736 e. The molecule has 8 nitrogen and oxygen atoms in total. The number of benzene rings is 4. The maximum atomic E-state index is 12.8. The summed E-state index contributed by atoms with van der Waals surface area (Å²) in [4.78, 5) is 25.6. The van der Waals surface area contributed by atoms with Crippen molar-refractivity contribution >= 4 is 53.4 Å². The van der Waals surface area contributed by atoms with Crippen LogP contribution in [0.15, 0.2) is 60.7 Å². The molecule has 0 N–H and O–H groups in total. The first-order valence-corrected chi connectivity index (χ1v) is 24.3. The molecule has 2 atom stereocenters. The summed E-state index contributed by atoms with van der Waals surface area (Å²) in [6, 6.07) is 19.7. The molecule has 316 valence electrons. The Morgan fingerprint density at radius 3 is 1.02 bits per heavy atom. The van der Waals surface area contributed by atoms with E-state index >= 15 is 0 Å². The number of fused-ring (bicyclic) bond motifs is 4. The van der Waals surface area contributed by atoms with Crippen LogP contribution in [0.25, 0.3) is 0 Å². The summed E-state index contributed by atoms with van der Waals surface area (Å²) in [6.07, 6.45) is 8.80. The van der Waals surface area contributed by atoms with E-state index in [9.17, 15) is 18.9 Å². The first-order chi connectivity index (χ1) is 27.4. The number of phosphoric ester groups is 2. The fourth-order valence-corrected chi connectivity index (χ4v) is 9.45. The summed E-state index contributed by atoms with van der Waals surface area (Å²) in [6.45, 7) is 21.0. The van der Waals surface area contributed by atoms with Gasteiger partial charge in [0.1, 0.15) is 23.0 Å². The van der Waals surface area contributed by atoms with Gasteiger partial charge in [-0.05, 0) is 156 Å². The van der Waals surface area contributed by atoms with Gasteiger partial charge >= 0.3 is 53.4 Å². The average molecular weight is 871 g/mol. The molecule has 4 aromatic rings. The first kappa shape index (κ1) is 49.4. The molecule has 4 bridgehead atoms. The number of phosphoric acid groups is 2. The Morgan fingerprint density at radius 1 is 0.475 bits per heavy atom. The number of rotatable bonds is 14. The molecule has 0 saturated heterocycles. The van der Waals surface area contributed by atoms with Gasteiger partial charge < -0.3 is 27.9 Å². The minimum absolute atomic E-state index is 0. The molecule has 2 aliphatic rings. The Labute approximate surface area is 384 Å². The van der Waals surface area contributed by atoms with Gasteiger partial charge in [-0.15, -0.1) is 0 Å². The maximum Gasteiger partial charge on any atom is 2.00 e. The van der Waals surface area contributed by atoms with E-state index < -0.39 is 15.6 Å². The predicted octanol–water partition coefficient (Wildman–Crippen LogP) is 12.2. The number of aryl methyl sites for hydroxylation is 6. The molecule has 4 aromatic carbocycles. The third-order valence-corrected chi connectivity index (χ3v) is 12.9. The van der Waals surface area contributed by atoms with E-state index in [-0.39, 0.29) is 37.7 Å². The van der Waals surface area contributed by atoms with Crippen molar-refractivity contribution < 1.29 is 37.0 Å². The van der Waals surface area contributed by atoms with Crippen LogP contribution in [0.2, 0.25) is 0 Å². The largest absolute Gasteiger partial charge is 2.00 e. The van der Waals surface area contributed by atoms with Crippen molar-refractivity contribution in [2.75, 3.05) is 0 Å². The van der Waals surface area contributed by atoms with Gasteiger partial charge in [0.25, 0.3) is 0 Å². The molecular formula is C48H64CaO8P2. The molecular weight excluding hydrogens is 807 g/mol. The van der Waals surface area contributed by atoms with Gasteiger partial charge in [0.2, 0.25) is 0 Å². The summed E-state index contributed by atoms with van der Waals surface area (Å²) in [7, 11) is -9.11. The van der Waals surface area contributed by atoms with Gasteiger partial charge in [-0.2, -0.15) is 0 Å². The molecule has 2 aliphatic carbocycles. The van der Waals surface area contributed by atoms with Crippen LogP contribution in [0.3, 0.4) is 0 Å². The van der Waals surface area contributed by atoms with E-state index in [1.54, 1.807) is 12.1 Å². The van der Waals surface area contributed by atoms with Gasteiger partial charge in [0.15, 0.2) is 0 Å². The second kappa shape index (κ2) is 21.7. The monoisotopic (exact) mass is 870 g/mol. The zero-order chi connectivity index (χ0) is 42.4. The molecule has 0 amide bonds. The third kappa shape index (κ3) is 13.4. The Hall–Kier alpha value is -2.28. The Balaban J connectivity index is 0.000000256. The second-order valence-corrected chi connectivity index (χ2v) is 19.6. The van der Waals surface area contributed by atoms with Crippen LogP contribution in [0.1, 0.15) is 174 Å². The molecule has 0 heterocycles.